The Morgan fingerprint density at radius 3 is 2.55 bits per heavy atom. The lowest BCUT2D eigenvalue weighted by Gasteiger charge is -2.56. The van der Waals surface area contributed by atoms with Crippen molar-refractivity contribution in [1.29, 1.82) is 0 Å². The SMILES string of the molecule is C=N[C@@]12CC=C(C)[C@@]1(C)CC[C@H]([C@@]1(C)CC[C@H](OC(C)=O)C[C@@H]1COC(C)=O)C2. The van der Waals surface area contributed by atoms with Crippen LogP contribution in [0.2, 0.25) is 0 Å². The highest BCUT2D eigenvalue weighted by atomic mass is 16.5. The van der Waals surface area contributed by atoms with Gasteiger partial charge in [0.25, 0.3) is 0 Å². The van der Waals surface area contributed by atoms with E-state index in [2.05, 4.69) is 33.6 Å². The Morgan fingerprint density at radius 1 is 1.21 bits per heavy atom. The number of nitrogens with zero attached hydrogens (tertiary/aromatic N) is 1. The molecule has 0 spiro atoms. The normalized spacial score (nSPS) is 41.8. The van der Waals surface area contributed by atoms with E-state index in [0.717, 1.165) is 44.9 Å². The third-order valence-corrected chi connectivity index (χ3v) is 8.76. The Morgan fingerprint density at radius 2 is 1.93 bits per heavy atom. The maximum atomic E-state index is 11.5. The third-order valence-electron chi connectivity index (χ3n) is 8.76. The number of esters is 2. The molecule has 3 aliphatic carbocycles. The quantitative estimate of drug-likeness (QED) is 0.373. The van der Waals surface area contributed by atoms with Crippen LogP contribution in [0.5, 0.6) is 0 Å². The maximum absolute atomic E-state index is 11.5. The number of aliphatic imine (C=N–C) groups is 1. The lowest BCUT2D eigenvalue weighted by molar-refractivity contribution is -0.159. The van der Waals surface area contributed by atoms with Gasteiger partial charge < -0.3 is 9.47 Å². The first-order valence-corrected chi connectivity index (χ1v) is 11.0. The van der Waals surface area contributed by atoms with Crippen LogP contribution in [0.1, 0.15) is 79.6 Å². The van der Waals surface area contributed by atoms with Crippen LogP contribution in [-0.2, 0) is 19.1 Å². The zero-order chi connectivity index (χ0) is 21.4. The summed E-state index contributed by atoms with van der Waals surface area (Å²) in [5.74, 6) is 0.175. The molecule has 162 valence electrons. The van der Waals surface area contributed by atoms with Gasteiger partial charge in [0.2, 0.25) is 0 Å². The molecular formula is C24H37NO4. The van der Waals surface area contributed by atoms with E-state index >= 15 is 0 Å². The topological polar surface area (TPSA) is 65.0 Å². The first-order valence-electron chi connectivity index (χ1n) is 11.0. The van der Waals surface area contributed by atoms with Crippen molar-refractivity contribution >= 4 is 18.7 Å². The van der Waals surface area contributed by atoms with Gasteiger partial charge in [-0.15, -0.1) is 0 Å². The fourth-order valence-corrected chi connectivity index (χ4v) is 6.45. The number of hydrogen-bond acceptors (Lipinski definition) is 5. The van der Waals surface area contributed by atoms with Gasteiger partial charge in [-0.3, -0.25) is 14.6 Å². The molecule has 0 aliphatic heterocycles. The van der Waals surface area contributed by atoms with E-state index in [1.807, 2.05) is 0 Å². The molecule has 29 heavy (non-hydrogen) atoms. The number of carbonyl (C=O) groups is 2. The van der Waals surface area contributed by atoms with Crippen LogP contribution >= 0.6 is 0 Å². The Labute approximate surface area is 175 Å². The standard InChI is InChI=1S/C24H37NO4/c1-16-7-12-24(25-6)14-19(8-11-23(16,24)5)22(4)10-9-21(29-18(3)27)13-20(22)15-28-17(2)26/h7,19-21H,6,8-15H2,1-5H3/t19-,20+,21-,22+,23+,24+/m0/s1. The van der Waals surface area contributed by atoms with E-state index in [4.69, 9.17) is 14.5 Å². The molecule has 0 radical (unpaired) electrons. The molecule has 2 saturated carbocycles. The first-order chi connectivity index (χ1) is 13.6. The van der Waals surface area contributed by atoms with E-state index in [1.165, 1.54) is 19.4 Å². The van der Waals surface area contributed by atoms with Crippen molar-refractivity contribution in [3.05, 3.63) is 11.6 Å². The molecule has 0 heterocycles. The van der Waals surface area contributed by atoms with Crippen molar-refractivity contribution in [3.8, 4) is 0 Å². The molecule has 0 aromatic rings. The Balaban J connectivity index is 1.83. The number of carbonyl (C=O) groups excluding carboxylic acids is 2. The van der Waals surface area contributed by atoms with Crippen LogP contribution in [0.25, 0.3) is 0 Å². The minimum absolute atomic E-state index is 0.0294. The lowest BCUT2D eigenvalue weighted by Crippen LogP contribution is -2.53. The van der Waals surface area contributed by atoms with Crippen LogP contribution in [0.15, 0.2) is 16.6 Å². The molecule has 0 aromatic heterocycles. The monoisotopic (exact) mass is 403 g/mol. The molecule has 0 amide bonds. The fraction of sp³-hybridized carbons (Fsp3) is 0.792. The highest BCUT2D eigenvalue weighted by Crippen LogP contribution is 2.63. The van der Waals surface area contributed by atoms with Gasteiger partial charge in [-0.1, -0.05) is 25.5 Å². The van der Waals surface area contributed by atoms with Crippen molar-refractivity contribution in [2.75, 3.05) is 6.61 Å². The van der Waals surface area contributed by atoms with Crippen molar-refractivity contribution < 1.29 is 19.1 Å². The number of hydrogen-bond donors (Lipinski definition) is 0. The fourth-order valence-electron chi connectivity index (χ4n) is 6.45. The second kappa shape index (κ2) is 7.88. The van der Waals surface area contributed by atoms with Gasteiger partial charge in [-0.2, -0.15) is 0 Å². The second-order valence-electron chi connectivity index (χ2n) is 10.1. The molecular weight excluding hydrogens is 366 g/mol. The summed E-state index contributed by atoms with van der Waals surface area (Å²) in [5.41, 5.74) is 1.45. The number of rotatable bonds is 5. The van der Waals surface area contributed by atoms with Gasteiger partial charge in [-0.05, 0) is 69.9 Å². The van der Waals surface area contributed by atoms with Gasteiger partial charge in [0, 0.05) is 25.2 Å². The summed E-state index contributed by atoms with van der Waals surface area (Å²) in [6, 6.07) is 0. The summed E-state index contributed by atoms with van der Waals surface area (Å²) in [7, 11) is 0. The highest BCUT2D eigenvalue weighted by molar-refractivity contribution is 5.66. The van der Waals surface area contributed by atoms with Gasteiger partial charge in [0.15, 0.2) is 0 Å². The lowest BCUT2D eigenvalue weighted by atomic mass is 9.50. The maximum Gasteiger partial charge on any atom is 0.302 e. The molecule has 0 unspecified atom stereocenters. The minimum atomic E-state index is -0.252. The van der Waals surface area contributed by atoms with Crippen molar-refractivity contribution in [2.45, 2.75) is 91.2 Å². The summed E-state index contributed by atoms with van der Waals surface area (Å²) in [5, 5.41) is 0. The molecule has 0 N–H and O–H groups in total. The summed E-state index contributed by atoms with van der Waals surface area (Å²) < 4.78 is 11.0. The van der Waals surface area contributed by atoms with E-state index in [9.17, 15) is 9.59 Å². The van der Waals surface area contributed by atoms with Crippen molar-refractivity contribution in [2.24, 2.45) is 27.7 Å². The number of fused-ring (bicyclic) bond motifs is 1. The van der Waals surface area contributed by atoms with Crippen LogP contribution in [0.4, 0.5) is 0 Å². The van der Waals surface area contributed by atoms with Crippen LogP contribution < -0.4 is 0 Å². The summed E-state index contributed by atoms with van der Waals surface area (Å²) in [6.07, 6.45) is 9.10. The van der Waals surface area contributed by atoms with E-state index in [0.29, 0.717) is 12.5 Å². The van der Waals surface area contributed by atoms with Crippen LogP contribution in [0, 0.1) is 22.7 Å². The highest BCUT2D eigenvalue weighted by Gasteiger charge is 2.58. The molecule has 5 nitrogen and oxygen atoms in total. The largest absolute Gasteiger partial charge is 0.466 e. The third kappa shape index (κ3) is 3.77. The Hall–Kier alpha value is -1.65. The Bertz CT molecular complexity index is 716. The van der Waals surface area contributed by atoms with Crippen molar-refractivity contribution in [3.63, 3.8) is 0 Å². The zero-order valence-corrected chi connectivity index (χ0v) is 18.8. The van der Waals surface area contributed by atoms with Crippen LogP contribution in [-0.4, -0.2) is 36.9 Å². The smallest absolute Gasteiger partial charge is 0.302 e. The van der Waals surface area contributed by atoms with Gasteiger partial charge in [-0.25, -0.2) is 0 Å². The summed E-state index contributed by atoms with van der Waals surface area (Å²) >= 11 is 0. The average molecular weight is 404 g/mol. The summed E-state index contributed by atoms with van der Waals surface area (Å²) in [4.78, 5) is 27.7. The predicted molar refractivity (Wildman–Crippen MR) is 114 cm³/mol. The molecule has 0 aromatic carbocycles. The molecule has 3 rings (SSSR count). The predicted octanol–water partition coefficient (Wildman–Crippen LogP) is 4.88. The van der Waals surface area contributed by atoms with E-state index in [-0.39, 0.29) is 40.3 Å². The van der Waals surface area contributed by atoms with Gasteiger partial charge >= 0.3 is 11.9 Å². The second-order valence-corrected chi connectivity index (χ2v) is 10.1. The van der Waals surface area contributed by atoms with E-state index < -0.39 is 0 Å². The number of ether oxygens (including phenoxy) is 2. The van der Waals surface area contributed by atoms with Gasteiger partial charge in [0.05, 0.1) is 12.1 Å². The first kappa shape index (κ1) is 22.0. The Kier molecular flexibility index (Phi) is 5.99. The minimum Gasteiger partial charge on any atom is -0.466 e. The molecule has 0 bridgehead atoms. The molecule has 0 saturated heterocycles. The molecule has 2 fully saturated rings. The average Bonchev–Trinajstić information content (AvgIpc) is 2.93. The van der Waals surface area contributed by atoms with Crippen molar-refractivity contribution in [1.82, 2.24) is 0 Å². The molecule has 5 heteroatoms. The van der Waals surface area contributed by atoms with E-state index in [1.54, 1.807) is 0 Å². The summed E-state index contributed by atoms with van der Waals surface area (Å²) in [6.45, 7) is 14.3. The van der Waals surface area contributed by atoms with Crippen LogP contribution in [0.3, 0.4) is 0 Å². The zero-order valence-electron chi connectivity index (χ0n) is 18.8. The van der Waals surface area contributed by atoms with Gasteiger partial charge in [0.1, 0.15) is 6.10 Å². The molecule has 6 atom stereocenters. The molecule has 3 aliphatic rings.